The number of H-pyrrole nitrogens is 1. The van der Waals surface area contributed by atoms with Gasteiger partial charge in [-0.1, -0.05) is 46.8 Å². The van der Waals surface area contributed by atoms with E-state index in [0.29, 0.717) is 30.0 Å². The number of hydrogen-bond acceptors (Lipinski definition) is 9. The monoisotopic (exact) mass is 432 g/mol. The van der Waals surface area contributed by atoms with Crippen LogP contribution >= 0.6 is 11.3 Å². The smallest absolute Gasteiger partial charge is 0.330 e. The van der Waals surface area contributed by atoms with Gasteiger partial charge in [-0.05, 0) is 12.5 Å². The molecule has 10 nitrogen and oxygen atoms in total. The minimum absolute atomic E-state index is 0.0817. The van der Waals surface area contributed by atoms with Crippen LogP contribution in [0.3, 0.4) is 0 Å². The molecule has 1 aromatic carbocycles. The number of nitrogen functional groups attached to an aromatic ring is 1. The van der Waals surface area contributed by atoms with Crippen molar-refractivity contribution in [2.24, 2.45) is 0 Å². The number of aromatic amines is 1. The average Bonchev–Trinajstić information content (AvgIpc) is 3.17. The standard InChI is InChI=1S/C19H24N6O4S/c1-3-29-19-23-22-14(30-19)12-24(9-10-28-2)15-16(20)25(18(27)21-17(15)26)11-13-7-5-4-6-8-13/h4-8H,3,9-12,20H2,1-2H3,(H,21,26,27). The lowest BCUT2D eigenvalue weighted by molar-refractivity contribution is 0.205. The molecule has 0 saturated heterocycles. The van der Waals surface area contributed by atoms with Crippen LogP contribution in [-0.4, -0.2) is 46.6 Å². The SMILES string of the molecule is CCOc1nnc(CN(CCOC)c2c(N)n(Cc3ccccc3)c(=O)[nH]c2=O)s1. The average molecular weight is 433 g/mol. The van der Waals surface area contributed by atoms with E-state index in [1.54, 1.807) is 12.0 Å². The number of nitrogens with zero attached hydrogens (tertiary/aromatic N) is 4. The molecule has 2 heterocycles. The first-order valence-electron chi connectivity index (χ1n) is 9.39. The molecule has 0 aliphatic carbocycles. The van der Waals surface area contributed by atoms with Gasteiger partial charge in [-0.3, -0.25) is 14.3 Å². The van der Waals surface area contributed by atoms with Crippen molar-refractivity contribution < 1.29 is 9.47 Å². The Balaban J connectivity index is 1.98. The fourth-order valence-corrected chi connectivity index (χ4v) is 3.69. The van der Waals surface area contributed by atoms with E-state index < -0.39 is 11.2 Å². The summed E-state index contributed by atoms with van der Waals surface area (Å²) in [6.07, 6.45) is 0. The molecule has 3 N–H and O–H groups in total. The molecule has 0 spiro atoms. The molecule has 0 fully saturated rings. The third-order valence-electron chi connectivity index (χ3n) is 4.32. The largest absolute Gasteiger partial charge is 0.469 e. The molecule has 160 valence electrons. The van der Waals surface area contributed by atoms with Crippen molar-refractivity contribution in [3.8, 4) is 5.19 Å². The van der Waals surface area contributed by atoms with Crippen molar-refractivity contribution >= 4 is 22.8 Å². The van der Waals surface area contributed by atoms with E-state index in [1.165, 1.54) is 15.9 Å². The zero-order valence-corrected chi connectivity index (χ0v) is 17.6. The zero-order chi connectivity index (χ0) is 21.5. The van der Waals surface area contributed by atoms with Crippen LogP contribution in [-0.2, 0) is 17.8 Å². The van der Waals surface area contributed by atoms with Crippen LogP contribution in [0.1, 0.15) is 17.5 Å². The van der Waals surface area contributed by atoms with Gasteiger partial charge in [0.1, 0.15) is 16.5 Å². The van der Waals surface area contributed by atoms with Crippen LogP contribution in [0.15, 0.2) is 39.9 Å². The van der Waals surface area contributed by atoms with Crippen LogP contribution in [0.5, 0.6) is 5.19 Å². The molecule has 0 atom stereocenters. The second-order valence-corrected chi connectivity index (χ2v) is 7.40. The minimum Gasteiger partial charge on any atom is -0.469 e. The summed E-state index contributed by atoms with van der Waals surface area (Å²) in [7, 11) is 1.57. The molecular formula is C19H24N6O4S. The van der Waals surface area contributed by atoms with Crippen molar-refractivity contribution in [3.63, 3.8) is 0 Å². The van der Waals surface area contributed by atoms with Gasteiger partial charge in [0.15, 0.2) is 0 Å². The molecule has 11 heteroatoms. The van der Waals surface area contributed by atoms with Crippen molar-refractivity contribution in [3.05, 3.63) is 61.7 Å². The molecule has 0 amide bonds. The second-order valence-electron chi connectivity index (χ2n) is 6.37. The maximum absolute atomic E-state index is 12.7. The number of nitrogens with two attached hydrogens (primary N) is 1. The number of anilines is 2. The van der Waals surface area contributed by atoms with E-state index in [2.05, 4.69) is 15.2 Å². The first-order valence-corrected chi connectivity index (χ1v) is 10.2. The Labute approximate surface area is 176 Å². The van der Waals surface area contributed by atoms with Gasteiger partial charge < -0.3 is 20.1 Å². The Kier molecular flexibility index (Phi) is 7.20. The molecule has 3 aromatic rings. The number of rotatable bonds is 10. The van der Waals surface area contributed by atoms with Gasteiger partial charge >= 0.3 is 5.69 Å². The number of ether oxygens (including phenoxy) is 2. The quantitative estimate of drug-likeness (QED) is 0.487. The zero-order valence-electron chi connectivity index (χ0n) is 16.8. The summed E-state index contributed by atoms with van der Waals surface area (Å²) < 4.78 is 11.9. The number of hydrogen-bond donors (Lipinski definition) is 2. The summed E-state index contributed by atoms with van der Waals surface area (Å²) in [5.74, 6) is 0.0817. The Morgan fingerprint density at radius 2 is 2.00 bits per heavy atom. The van der Waals surface area contributed by atoms with Gasteiger partial charge in [-0.2, -0.15) is 0 Å². The highest BCUT2D eigenvalue weighted by Crippen LogP contribution is 2.23. The normalized spacial score (nSPS) is 10.9. The van der Waals surface area contributed by atoms with Crippen molar-refractivity contribution in [1.82, 2.24) is 19.7 Å². The molecule has 0 radical (unpaired) electrons. The topological polar surface area (TPSA) is 128 Å². The Morgan fingerprint density at radius 3 is 2.70 bits per heavy atom. The highest BCUT2D eigenvalue weighted by molar-refractivity contribution is 7.13. The highest BCUT2D eigenvalue weighted by Gasteiger charge is 2.21. The summed E-state index contributed by atoms with van der Waals surface area (Å²) in [6, 6.07) is 9.41. The summed E-state index contributed by atoms with van der Waals surface area (Å²) in [5.41, 5.74) is 6.27. The molecule has 0 bridgehead atoms. The fraction of sp³-hybridized carbons (Fsp3) is 0.368. The van der Waals surface area contributed by atoms with Gasteiger partial charge in [0.05, 0.1) is 26.3 Å². The number of methoxy groups -OCH3 is 1. The number of aromatic nitrogens is 4. The molecule has 0 unspecified atom stereocenters. The van der Waals surface area contributed by atoms with Crippen LogP contribution in [0.2, 0.25) is 0 Å². The first-order chi connectivity index (χ1) is 14.5. The molecular weight excluding hydrogens is 408 g/mol. The van der Waals surface area contributed by atoms with E-state index in [1.807, 2.05) is 37.3 Å². The fourth-order valence-electron chi connectivity index (χ4n) is 2.92. The van der Waals surface area contributed by atoms with Crippen molar-refractivity contribution in [2.75, 3.05) is 37.5 Å². The van der Waals surface area contributed by atoms with Crippen LogP contribution < -0.4 is 26.6 Å². The van der Waals surface area contributed by atoms with E-state index >= 15 is 0 Å². The van der Waals surface area contributed by atoms with E-state index in [9.17, 15) is 9.59 Å². The molecule has 0 aliphatic rings. The highest BCUT2D eigenvalue weighted by atomic mass is 32.1. The number of nitrogens with one attached hydrogen (secondary N) is 1. The summed E-state index contributed by atoms with van der Waals surface area (Å²) >= 11 is 1.29. The minimum atomic E-state index is -0.564. The lowest BCUT2D eigenvalue weighted by Crippen LogP contribution is -2.39. The third-order valence-corrected chi connectivity index (χ3v) is 5.14. The molecule has 30 heavy (non-hydrogen) atoms. The Morgan fingerprint density at radius 1 is 1.23 bits per heavy atom. The predicted octanol–water partition coefficient (Wildman–Crippen LogP) is 1.07. The second kappa shape index (κ2) is 10.0. The molecule has 2 aromatic heterocycles. The van der Waals surface area contributed by atoms with Crippen LogP contribution in [0.25, 0.3) is 0 Å². The number of benzene rings is 1. The van der Waals surface area contributed by atoms with Crippen molar-refractivity contribution in [2.45, 2.75) is 20.0 Å². The van der Waals surface area contributed by atoms with Crippen molar-refractivity contribution in [1.29, 1.82) is 0 Å². The Hall–Kier alpha value is -3.18. The maximum atomic E-state index is 12.7. The maximum Gasteiger partial charge on any atom is 0.330 e. The molecule has 3 rings (SSSR count). The third kappa shape index (κ3) is 5.05. The summed E-state index contributed by atoms with van der Waals surface area (Å²) in [4.78, 5) is 29.2. The lowest BCUT2D eigenvalue weighted by atomic mass is 10.2. The van der Waals surface area contributed by atoms with Gasteiger partial charge in [-0.25, -0.2) is 4.79 Å². The first kappa shape index (κ1) is 21.5. The van der Waals surface area contributed by atoms with E-state index in [4.69, 9.17) is 15.2 Å². The van der Waals surface area contributed by atoms with Gasteiger partial charge in [0.25, 0.3) is 10.8 Å². The summed E-state index contributed by atoms with van der Waals surface area (Å²) in [6.45, 7) is 3.58. The van der Waals surface area contributed by atoms with Gasteiger partial charge in [0.2, 0.25) is 0 Å². The molecule has 0 saturated carbocycles. The lowest BCUT2D eigenvalue weighted by Gasteiger charge is -2.25. The van der Waals surface area contributed by atoms with Gasteiger partial charge in [-0.15, -0.1) is 5.10 Å². The van der Waals surface area contributed by atoms with Crippen LogP contribution in [0.4, 0.5) is 11.5 Å². The van der Waals surface area contributed by atoms with Gasteiger partial charge in [0, 0.05) is 13.7 Å². The Bertz CT molecular complexity index is 1080. The van der Waals surface area contributed by atoms with E-state index in [-0.39, 0.29) is 24.6 Å². The van der Waals surface area contributed by atoms with Crippen LogP contribution in [0, 0.1) is 0 Å². The predicted molar refractivity (Wildman–Crippen MR) is 115 cm³/mol. The summed E-state index contributed by atoms with van der Waals surface area (Å²) in [5, 5.41) is 9.20. The van der Waals surface area contributed by atoms with E-state index in [0.717, 1.165) is 5.56 Å². The molecule has 0 aliphatic heterocycles.